The first kappa shape index (κ1) is 14.0. The van der Waals surface area contributed by atoms with E-state index in [4.69, 9.17) is 0 Å². The third-order valence-corrected chi connectivity index (χ3v) is 4.57. The van der Waals surface area contributed by atoms with Crippen LogP contribution in [0, 0.1) is 6.92 Å². The Kier molecular flexibility index (Phi) is 3.38. The fraction of sp³-hybridized carbons (Fsp3) is 0.190. The number of carbonyl (C=O) groups is 1. The third kappa shape index (κ3) is 2.40. The summed E-state index contributed by atoms with van der Waals surface area (Å²) in [5.41, 5.74) is 4.61. The van der Waals surface area contributed by atoms with Crippen LogP contribution in [0.15, 0.2) is 60.7 Å². The standard InChI is InChI=1S/C21H19NO/c1-15-6-4-8-17(14-15)19-12-11-16-7-2-3-9-18(16)21(19)22-13-5-10-20(22)23/h2-4,6-9,11-12,14H,5,10,13H2,1H3. The normalized spacial score (nSPS) is 14.7. The van der Waals surface area contributed by atoms with Crippen LogP contribution in [0.2, 0.25) is 0 Å². The highest BCUT2D eigenvalue weighted by Gasteiger charge is 2.26. The molecule has 0 saturated carbocycles. The number of fused-ring (bicyclic) bond motifs is 1. The number of nitrogens with zero attached hydrogens (tertiary/aromatic N) is 1. The van der Waals surface area contributed by atoms with Gasteiger partial charge < -0.3 is 4.90 Å². The molecule has 0 unspecified atom stereocenters. The van der Waals surface area contributed by atoms with Crippen LogP contribution in [0.25, 0.3) is 21.9 Å². The Bertz CT molecular complexity index is 897. The van der Waals surface area contributed by atoms with Crippen molar-refractivity contribution in [1.82, 2.24) is 0 Å². The van der Waals surface area contributed by atoms with Crippen LogP contribution < -0.4 is 4.90 Å². The van der Waals surface area contributed by atoms with Crippen LogP contribution >= 0.6 is 0 Å². The summed E-state index contributed by atoms with van der Waals surface area (Å²) >= 11 is 0. The number of hydrogen-bond donors (Lipinski definition) is 0. The number of rotatable bonds is 2. The Balaban J connectivity index is 2.02. The Labute approximate surface area is 136 Å². The number of benzene rings is 3. The van der Waals surface area contributed by atoms with Gasteiger partial charge in [0.1, 0.15) is 0 Å². The molecule has 1 fully saturated rings. The van der Waals surface area contributed by atoms with Gasteiger partial charge in [-0.25, -0.2) is 0 Å². The van der Waals surface area contributed by atoms with Gasteiger partial charge in [0.15, 0.2) is 0 Å². The summed E-state index contributed by atoms with van der Waals surface area (Å²) in [6.45, 7) is 2.91. The van der Waals surface area contributed by atoms with Crippen molar-refractivity contribution in [3.8, 4) is 11.1 Å². The molecule has 114 valence electrons. The van der Waals surface area contributed by atoms with Gasteiger partial charge in [0.2, 0.25) is 5.91 Å². The van der Waals surface area contributed by atoms with Crippen molar-refractivity contribution in [2.45, 2.75) is 19.8 Å². The summed E-state index contributed by atoms with van der Waals surface area (Å²) in [5.74, 6) is 0.232. The predicted molar refractivity (Wildman–Crippen MR) is 95.7 cm³/mol. The summed E-state index contributed by atoms with van der Waals surface area (Å²) in [6.07, 6.45) is 1.59. The average molecular weight is 301 g/mol. The maximum absolute atomic E-state index is 12.4. The number of anilines is 1. The highest BCUT2D eigenvalue weighted by Crippen LogP contribution is 2.39. The van der Waals surface area contributed by atoms with E-state index in [0.29, 0.717) is 6.42 Å². The molecule has 0 N–H and O–H groups in total. The Hall–Kier alpha value is -2.61. The Morgan fingerprint density at radius 2 is 1.83 bits per heavy atom. The quantitative estimate of drug-likeness (QED) is 0.656. The fourth-order valence-corrected chi connectivity index (χ4v) is 3.48. The van der Waals surface area contributed by atoms with Gasteiger partial charge in [-0.05, 0) is 24.3 Å². The largest absolute Gasteiger partial charge is 0.311 e. The van der Waals surface area contributed by atoms with E-state index in [1.54, 1.807) is 0 Å². The summed E-state index contributed by atoms with van der Waals surface area (Å²) in [7, 11) is 0. The van der Waals surface area contributed by atoms with Crippen LogP contribution in [0.1, 0.15) is 18.4 Å². The second-order valence-corrected chi connectivity index (χ2v) is 6.20. The van der Waals surface area contributed by atoms with Gasteiger partial charge in [0.05, 0.1) is 5.69 Å². The molecular weight excluding hydrogens is 282 g/mol. The average Bonchev–Trinajstić information content (AvgIpc) is 2.99. The monoisotopic (exact) mass is 301 g/mol. The van der Waals surface area contributed by atoms with Gasteiger partial charge in [0, 0.05) is 23.9 Å². The van der Waals surface area contributed by atoms with E-state index in [1.807, 2.05) is 17.0 Å². The van der Waals surface area contributed by atoms with Gasteiger partial charge in [-0.2, -0.15) is 0 Å². The predicted octanol–water partition coefficient (Wildman–Crippen LogP) is 4.94. The molecule has 23 heavy (non-hydrogen) atoms. The van der Waals surface area contributed by atoms with E-state index in [1.165, 1.54) is 16.5 Å². The minimum absolute atomic E-state index is 0.232. The smallest absolute Gasteiger partial charge is 0.227 e. The first-order valence-corrected chi connectivity index (χ1v) is 8.13. The zero-order valence-corrected chi connectivity index (χ0v) is 13.3. The summed E-state index contributed by atoms with van der Waals surface area (Å²) in [6, 6.07) is 21.1. The first-order chi connectivity index (χ1) is 11.2. The fourth-order valence-electron chi connectivity index (χ4n) is 3.48. The second kappa shape index (κ2) is 5.54. The summed E-state index contributed by atoms with van der Waals surface area (Å²) < 4.78 is 0. The molecule has 0 spiro atoms. The van der Waals surface area contributed by atoms with Crippen molar-refractivity contribution in [3.05, 3.63) is 66.2 Å². The molecule has 3 aromatic carbocycles. The minimum atomic E-state index is 0.232. The number of hydrogen-bond acceptors (Lipinski definition) is 1. The molecule has 2 heteroatoms. The van der Waals surface area contributed by atoms with Crippen molar-refractivity contribution in [2.75, 3.05) is 11.4 Å². The van der Waals surface area contributed by atoms with Gasteiger partial charge in [-0.3, -0.25) is 4.79 Å². The molecule has 0 bridgehead atoms. The topological polar surface area (TPSA) is 20.3 Å². The van der Waals surface area contributed by atoms with E-state index in [0.717, 1.165) is 29.6 Å². The van der Waals surface area contributed by atoms with E-state index in [-0.39, 0.29) is 5.91 Å². The zero-order chi connectivity index (χ0) is 15.8. The minimum Gasteiger partial charge on any atom is -0.311 e. The van der Waals surface area contributed by atoms with Gasteiger partial charge in [-0.1, -0.05) is 66.2 Å². The van der Waals surface area contributed by atoms with Crippen molar-refractivity contribution in [2.24, 2.45) is 0 Å². The molecule has 4 rings (SSSR count). The van der Waals surface area contributed by atoms with E-state index in [9.17, 15) is 4.79 Å². The van der Waals surface area contributed by atoms with Crippen molar-refractivity contribution < 1.29 is 4.79 Å². The highest BCUT2D eigenvalue weighted by atomic mass is 16.2. The van der Waals surface area contributed by atoms with Gasteiger partial charge in [0.25, 0.3) is 0 Å². The molecule has 1 aliphatic rings. The van der Waals surface area contributed by atoms with Crippen LogP contribution in [-0.2, 0) is 4.79 Å². The molecule has 0 aromatic heterocycles. The Morgan fingerprint density at radius 3 is 2.61 bits per heavy atom. The van der Waals surface area contributed by atoms with Crippen molar-refractivity contribution in [1.29, 1.82) is 0 Å². The first-order valence-electron chi connectivity index (χ1n) is 8.13. The molecule has 0 aliphatic carbocycles. The molecule has 3 aromatic rings. The Morgan fingerprint density at radius 1 is 0.957 bits per heavy atom. The SMILES string of the molecule is Cc1cccc(-c2ccc3ccccc3c2N2CCCC2=O)c1. The molecule has 1 saturated heterocycles. The molecule has 1 heterocycles. The summed E-state index contributed by atoms with van der Waals surface area (Å²) in [4.78, 5) is 14.4. The molecule has 1 aliphatic heterocycles. The molecule has 0 radical (unpaired) electrons. The van der Waals surface area contributed by atoms with Crippen LogP contribution in [-0.4, -0.2) is 12.5 Å². The number of aryl methyl sites for hydroxylation is 1. The third-order valence-electron chi connectivity index (χ3n) is 4.57. The maximum atomic E-state index is 12.4. The van der Waals surface area contributed by atoms with Crippen LogP contribution in [0.5, 0.6) is 0 Å². The lowest BCUT2D eigenvalue weighted by Gasteiger charge is -2.22. The molecule has 2 nitrogen and oxygen atoms in total. The van der Waals surface area contributed by atoms with Gasteiger partial charge in [-0.15, -0.1) is 0 Å². The lowest BCUT2D eigenvalue weighted by Crippen LogP contribution is -2.24. The zero-order valence-electron chi connectivity index (χ0n) is 13.3. The molecule has 0 atom stereocenters. The van der Waals surface area contributed by atoms with Crippen LogP contribution in [0.4, 0.5) is 5.69 Å². The van der Waals surface area contributed by atoms with E-state index >= 15 is 0 Å². The molecule has 1 amide bonds. The van der Waals surface area contributed by atoms with E-state index in [2.05, 4.69) is 55.5 Å². The second-order valence-electron chi connectivity index (χ2n) is 6.20. The maximum Gasteiger partial charge on any atom is 0.227 e. The van der Waals surface area contributed by atoms with Crippen LogP contribution in [0.3, 0.4) is 0 Å². The summed E-state index contributed by atoms with van der Waals surface area (Å²) in [5, 5.41) is 2.33. The molecular formula is C21H19NO. The van der Waals surface area contributed by atoms with Crippen molar-refractivity contribution in [3.63, 3.8) is 0 Å². The lowest BCUT2D eigenvalue weighted by atomic mass is 9.96. The van der Waals surface area contributed by atoms with E-state index < -0.39 is 0 Å². The number of carbonyl (C=O) groups excluding carboxylic acids is 1. The lowest BCUT2D eigenvalue weighted by molar-refractivity contribution is -0.117. The van der Waals surface area contributed by atoms with Crippen molar-refractivity contribution >= 4 is 22.4 Å². The van der Waals surface area contributed by atoms with Gasteiger partial charge >= 0.3 is 0 Å². The number of amides is 1. The highest BCUT2D eigenvalue weighted by molar-refractivity contribution is 6.10.